The number of fused-ring (bicyclic) bond motifs is 1. The van der Waals surface area contributed by atoms with Crippen LogP contribution in [0.4, 0.5) is 5.69 Å². The third-order valence-corrected chi connectivity index (χ3v) is 5.35. The summed E-state index contributed by atoms with van der Waals surface area (Å²) in [5.41, 5.74) is 4.22. The predicted molar refractivity (Wildman–Crippen MR) is 113 cm³/mol. The van der Waals surface area contributed by atoms with Crippen LogP contribution in [0.25, 0.3) is 5.65 Å². The Morgan fingerprint density at radius 3 is 2.77 bits per heavy atom. The first-order valence-electron chi connectivity index (χ1n) is 10.1. The second-order valence-electron chi connectivity index (χ2n) is 7.82. The van der Waals surface area contributed by atoms with Crippen molar-refractivity contribution in [2.75, 3.05) is 18.4 Å². The molecule has 156 valence electrons. The van der Waals surface area contributed by atoms with Crippen LogP contribution in [0.5, 0.6) is 0 Å². The summed E-state index contributed by atoms with van der Waals surface area (Å²) in [6.45, 7) is 6.53. The molecule has 0 saturated carbocycles. The lowest BCUT2D eigenvalue weighted by molar-refractivity contribution is 0.0474. The normalized spacial score (nSPS) is 16.7. The van der Waals surface area contributed by atoms with Gasteiger partial charge in [0.2, 0.25) is 0 Å². The Hall–Kier alpha value is -3.26. The Kier molecular flexibility index (Phi) is 5.26. The fraction of sp³-hybridized carbons (Fsp3) is 0.364. The molecule has 1 aliphatic heterocycles. The van der Waals surface area contributed by atoms with Gasteiger partial charge in [-0.1, -0.05) is 6.07 Å². The van der Waals surface area contributed by atoms with E-state index in [1.807, 2.05) is 19.9 Å². The number of hydrogen-bond donors (Lipinski definition) is 2. The van der Waals surface area contributed by atoms with Crippen LogP contribution in [0, 0.1) is 20.8 Å². The van der Waals surface area contributed by atoms with Crippen molar-refractivity contribution in [2.24, 2.45) is 0 Å². The number of amides is 2. The lowest BCUT2D eigenvalue weighted by Crippen LogP contribution is -2.42. The highest BCUT2D eigenvalue weighted by atomic mass is 16.3. The van der Waals surface area contributed by atoms with E-state index >= 15 is 0 Å². The average Bonchev–Trinajstić information content (AvgIpc) is 3.04. The SMILES string of the molecule is Cc1cc(C)n2nc(C)c(C(=O)Nc3cccc(C(=O)N4CCC[C@H](O)C4)c3)c2n1. The van der Waals surface area contributed by atoms with Gasteiger partial charge in [0.15, 0.2) is 5.65 Å². The van der Waals surface area contributed by atoms with Gasteiger partial charge in [-0.25, -0.2) is 9.50 Å². The molecule has 0 unspecified atom stereocenters. The maximum atomic E-state index is 13.0. The highest BCUT2D eigenvalue weighted by Gasteiger charge is 2.24. The summed E-state index contributed by atoms with van der Waals surface area (Å²) in [6.07, 6.45) is 1.01. The van der Waals surface area contributed by atoms with Crippen molar-refractivity contribution in [1.82, 2.24) is 19.5 Å². The van der Waals surface area contributed by atoms with Crippen LogP contribution in [-0.4, -0.2) is 55.6 Å². The largest absolute Gasteiger partial charge is 0.391 e. The molecule has 0 radical (unpaired) electrons. The molecule has 8 heteroatoms. The summed E-state index contributed by atoms with van der Waals surface area (Å²) < 4.78 is 1.67. The van der Waals surface area contributed by atoms with E-state index in [0.717, 1.165) is 17.8 Å². The number of aliphatic hydroxyl groups excluding tert-OH is 1. The highest BCUT2D eigenvalue weighted by Crippen LogP contribution is 2.20. The Morgan fingerprint density at radius 1 is 1.20 bits per heavy atom. The Labute approximate surface area is 174 Å². The number of hydrogen-bond acceptors (Lipinski definition) is 5. The lowest BCUT2D eigenvalue weighted by atomic mass is 10.1. The van der Waals surface area contributed by atoms with E-state index in [1.165, 1.54) is 0 Å². The number of rotatable bonds is 3. The fourth-order valence-corrected chi connectivity index (χ4v) is 3.94. The van der Waals surface area contributed by atoms with Gasteiger partial charge >= 0.3 is 0 Å². The van der Waals surface area contributed by atoms with Gasteiger partial charge in [0, 0.05) is 35.7 Å². The minimum Gasteiger partial charge on any atom is -0.391 e. The molecular formula is C22H25N5O3. The van der Waals surface area contributed by atoms with Crippen LogP contribution in [0.3, 0.4) is 0 Å². The molecule has 2 aromatic heterocycles. The number of aromatic nitrogens is 3. The van der Waals surface area contributed by atoms with Gasteiger partial charge in [0.1, 0.15) is 5.56 Å². The first kappa shape index (κ1) is 20.0. The summed E-state index contributed by atoms with van der Waals surface area (Å²) in [7, 11) is 0. The van der Waals surface area contributed by atoms with Crippen molar-refractivity contribution < 1.29 is 14.7 Å². The minimum absolute atomic E-state index is 0.148. The zero-order valence-electron chi connectivity index (χ0n) is 17.3. The van der Waals surface area contributed by atoms with E-state index in [1.54, 1.807) is 40.6 Å². The van der Waals surface area contributed by atoms with Crippen LogP contribution in [0.1, 0.15) is 50.6 Å². The highest BCUT2D eigenvalue weighted by molar-refractivity contribution is 6.09. The summed E-state index contributed by atoms with van der Waals surface area (Å²) in [4.78, 5) is 32.0. The fourth-order valence-electron chi connectivity index (χ4n) is 3.94. The molecule has 1 aromatic carbocycles. The van der Waals surface area contributed by atoms with E-state index in [-0.39, 0.29) is 11.8 Å². The van der Waals surface area contributed by atoms with Gasteiger partial charge in [-0.15, -0.1) is 0 Å². The van der Waals surface area contributed by atoms with Crippen molar-refractivity contribution in [2.45, 2.75) is 39.7 Å². The molecule has 3 aromatic rings. The molecule has 1 aliphatic rings. The molecule has 0 aliphatic carbocycles. The maximum absolute atomic E-state index is 13.0. The molecule has 1 fully saturated rings. The van der Waals surface area contributed by atoms with Crippen molar-refractivity contribution in [3.8, 4) is 0 Å². The molecule has 2 amide bonds. The second kappa shape index (κ2) is 7.87. The van der Waals surface area contributed by atoms with Crippen LogP contribution in [-0.2, 0) is 0 Å². The summed E-state index contributed by atoms with van der Waals surface area (Å²) in [5.74, 6) is -0.470. The minimum atomic E-state index is -0.483. The number of aliphatic hydroxyl groups is 1. The van der Waals surface area contributed by atoms with E-state index in [0.29, 0.717) is 47.7 Å². The Bertz CT molecular complexity index is 1140. The molecule has 0 spiro atoms. The number of nitrogens with zero attached hydrogens (tertiary/aromatic N) is 4. The van der Waals surface area contributed by atoms with Crippen LogP contribution >= 0.6 is 0 Å². The number of benzene rings is 1. The van der Waals surface area contributed by atoms with Crippen LogP contribution in [0.2, 0.25) is 0 Å². The molecule has 3 heterocycles. The van der Waals surface area contributed by atoms with Gasteiger partial charge in [0.05, 0.1) is 11.8 Å². The van der Waals surface area contributed by atoms with Crippen molar-refractivity contribution in [3.63, 3.8) is 0 Å². The number of β-amino-alcohol motifs (C(OH)–C–C–N with tert-alkyl or cyclic N) is 1. The molecule has 2 N–H and O–H groups in total. The van der Waals surface area contributed by atoms with Crippen LogP contribution in [0.15, 0.2) is 30.3 Å². The Morgan fingerprint density at radius 2 is 2.00 bits per heavy atom. The predicted octanol–water partition coefficient (Wildman–Crippen LogP) is 2.50. The van der Waals surface area contributed by atoms with Crippen molar-refractivity contribution in [1.29, 1.82) is 0 Å². The van der Waals surface area contributed by atoms with Gasteiger partial charge < -0.3 is 15.3 Å². The summed E-state index contributed by atoms with van der Waals surface area (Å²) >= 11 is 0. The molecule has 4 rings (SSSR count). The van der Waals surface area contributed by atoms with Gasteiger partial charge in [-0.3, -0.25) is 9.59 Å². The molecule has 1 atom stereocenters. The molecule has 1 saturated heterocycles. The number of carbonyl (C=O) groups is 2. The number of nitrogens with one attached hydrogen (secondary N) is 1. The number of aryl methyl sites for hydroxylation is 3. The second-order valence-corrected chi connectivity index (χ2v) is 7.82. The Balaban J connectivity index is 1.59. The van der Waals surface area contributed by atoms with Crippen molar-refractivity contribution >= 4 is 23.1 Å². The smallest absolute Gasteiger partial charge is 0.261 e. The summed E-state index contributed by atoms with van der Waals surface area (Å²) in [6, 6.07) is 8.76. The van der Waals surface area contributed by atoms with E-state index < -0.39 is 6.10 Å². The lowest BCUT2D eigenvalue weighted by Gasteiger charge is -2.30. The van der Waals surface area contributed by atoms with E-state index in [4.69, 9.17) is 0 Å². The number of anilines is 1. The molecule has 30 heavy (non-hydrogen) atoms. The molecule has 0 bridgehead atoms. The molecular weight excluding hydrogens is 382 g/mol. The summed E-state index contributed by atoms with van der Waals surface area (Å²) in [5, 5.41) is 17.2. The first-order chi connectivity index (χ1) is 14.3. The van der Waals surface area contributed by atoms with Gasteiger partial charge in [-0.05, 0) is 57.9 Å². The van der Waals surface area contributed by atoms with Gasteiger partial charge in [-0.2, -0.15) is 5.10 Å². The zero-order valence-corrected chi connectivity index (χ0v) is 17.3. The zero-order chi connectivity index (χ0) is 21.4. The number of piperidine rings is 1. The average molecular weight is 407 g/mol. The monoisotopic (exact) mass is 407 g/mol. The van der Waals surface area contributed by atoms with Crippen LogP contribution < -0.4 is 5.32 Å². The maximum Gasteiger partial charge on any atom is 0.261 e. The quantitative estimate of drug-likeness (QED) is 0.695. The number of carbonyl (C=O) groups excluding carboxylic acids is 2. The first-order valence-corrected chi connectivity index (χ1v) is 10.1. The van der Waals surface area contributed by atoms with E-state index in [2.05, 4.69) is 15.4 Å². The third-order valence-electron chi connectivity index (χ3n) is 5.35. The standard InChI is InChI=1S/C22H25N5O3/c1-13-10-14(2)27-20(23-13)19(15(3)25-27)21(29)24-17-7-4-6-16(11-17)22(30)26-9-5-8-18(28)12-26/h4,6-7,10-11,18,28H,5,8-9,12H2,1-3H3,(H,24,29)/t18-/m0/s1. The van der Waals surface area contributed by atoms with Crippen molar-refractivity contribution in [3.05, 3.63) is 58.5 Å². The molecule has 8 nitrogen and oxygen atoms in total. The topological polar surface area (TPSA) is 99.8 Å². The third kappa shape index (κ3) is 3.78. The van der Waals surface area contributed by atoms with Gasteiger partial charge in [0.25, 0.3) is 11.8 Å². The van der Waals surface area contributed by atoms with E-state index in [9.17, 15) is 14.7 Å². The number of likely N-dealkylation sites (tertiary alicyclic amines) is 1.